The molecule has 0 unspecified atom stereocenters. The number of carboxylic acid groups (broad SMARTS) is 1. The predicted octanol–water partition coefficient (Wildman–Crippen LogP) is 4.60. The first-order valence-corrected chi connectivity index (χ1v) is 7.40. The number of hydrogen-bond donors (Lipinski definition) is 1. The van der Waals surface area contributed by atoms with Crippen molar-refractivity contribution in [1.82, 2.24) is 9.78 Å². The number of aryl methyl sites for hydroxylation is 1. The monoisotopic (exact) mass is 326 g/mol. The van der Waals surface area contributed by atoms with E-state index in [1.807, 2.05) is 0 Å². The highest BCUT2D eigenvalue weighted by atomic mass is 35.5. The van der Waals surface area contributed by atoms with E-state index in [9.17, 15) is 9.90 Å². The second kappa shape index (κ2) is 6.50. The lowest BCUT2D eigenvalue weighted by atomic mass is 10.1. The molecule has 0 radical (unpaired) electrons. The van der Waals surface area contributed by atoms with Gasteiger partial charge in [0.2, 0.25) is 0 Å². The van der Waals surface area contributed by atoms with Crippen molar-refractivity contribution in [2.45, 2.75) is 26.8 Å². The zero-order valence-corrected chi connectivity index (χ0v) is 13.3. The Kier molecular flexibility index (Phi) is 4.91. The molecule has 21 heavy (non-hydrogen) atoms. The molecule has 0 amide bonds. The molecule has 0 fully saturated rings. The second-order valence-corrected chi connectivity index (χ2v) is 6.09. The summed E-state index contributed by atoms with van der Waals surface area (Å²) in [5, 5.41) is 14.5. The molecule has 0 spiro atoms. The third-order valence-electron chi connectivity index (χ3n) is 3.12. The first-order valence-electron chi connectivity index (χ1n) is 6.64. The first kappa shape index (κ1) is 15.9. The number of aromatic nitrogens is 2. The lowest BCUT2D eigenvalue weighted by molar-refractivity contribution is 0.0697. The molecule has 1 N–H and O–H groups in total. The smallest absolute Gasteiger partial charge is 0.339 e. The second-order valence-electron chi connectivity index (χ2n) is 5.27. The summed E-state index contributed by atoms with van der Waals surface area (Å²) in [5.74, 6) is -0.484. The molecule has 0 aliphatic rings. The Bertz CT molecular complexity index is 666. The maximum atomic E-state index is 11.4. The topological polar surface area (TPSA) is 55.1 Å². The van der Waals surface area contributed by atoms with E-state index in [0.717, 1.165) is 6.42 Å². The molecule has 1 heterocycles. The van der Waals surface area contributed by atoms with Crippen LogP contribution in [-0.2, 0) is 6.54 Å². The number of carbonyl (C=O) groups is 1. The Morgan fingerprint density at radius 1 is 1.33 bits per heavy atom. The van der Waals surface area contributed by atoms with Crippen molar-refractivity contribution in [1.29, 1.82) is 0 Å². The van der Waals surface area contributed by atoms with Crippen LogP contribution in [0.1, 0.15) is 30.6 Å². The third-order valence-corrected chi connectivity index (χ3v) is 3.86. The Morgan fingerprint density at radius 3 is 2.62 bits per heavy atom. The lowest BCUT2D eigenvalue weighted by Crippen LogP contribution is -2.02. The highest BCUT2D eigenvalue weighted by Crippen LogP contribution is 2.29. The molecular weight excluding hydrogens is 311 g/mol. The minimum absolute atomic E-state index is 0.164. The summed E-state index contributed by atoms with van der Waals surface area (Å²) in [5.41, 5.74) is 1.21. The zero-order valence-electron chi connectivity index (χ0n) is 11.8. The Morgan fingerprint density at radius 2 is 2.05 bits per heavy atom. The normalized spacial score (nSPS) is 11.1. The number of hydrogen-bond acceptors (Lipinski definition) is 2. The summed E-state index contributed by atoms with van der Waals surface area (Å²) < 4.78 is 1.67. The van der Waals surface area contributed by atoms with Crippen LogP contribution in [0.3, 0.4) is 0 Å². The van der Waals surface area contributed by atoms with Crippen LogP contribution in [0.4, 0.5) is 0 Å². The van der Waals surface area contributed by atoms with Gasteiger partial charge in [0.15, 0.2) is 0 Å². The summed E-state index contributed by atoms with van der Waals surface area (Å²) in [6.07, 6.45) is 2.49. The number of nitrogens with zero attached hydrogens (tertiary/aromatic N) is 2. The van der Waals surface area contributed by atoms with Gasteiger partial charge in [0.05, 0.1) is 10.0 Å². The molecule has 2 aromatic rings. The third kappa shape index (κ3) is 3.77. The van der Waals surface area contributed by atoms with Gasteiger partial charge < -0.3 is 5.11 Å². The lowest BCUT2D eigenvalue weighted by Gasteiger charge is -2.04. The van der Waals surface area contributed by atoms with E-state index in [2.05, 4.69) is 18.9 Å². The van der Waals surface area contributed by atoms with Gasteiger partial charge in [-0.05, 0) is 24.5 Å². The fraction of sp³-hybridized carbons (Fsp3) is 0.333. The minimum atomic E-state index is -1.01. The van der Waals surface area contributed by atoms with Gasteiger partial charge in [-0.2, -0.15) is 5.10 Å². The average Bonchev–Trinajstić information content (AvgIpc) is 2.84. The van der Waals surface area contributed by atoms with Gasteiger partial charge in [-0.15, -0.1) is 0 Å². The molecule has 0 saturated carbocycles. The standard InChI is InChI=1S/C15H16Cl2N2O2/c1-9(2)5-6-19-8-11(15(20)21)14(18-19)10-3-4-12(16)13(17)7-10/h3-4,7-9H,5-6H2,1-2H3,(H,20,21). The van der Waals surface area contributed by atoms with E-state index < -0.39 is 5.97 Å². The molecule has 0 saturated heterocycles. The molecule has 4 nitrogen and oxygen atoms in total. The molecule has 6 heteroatoms. The summed E-state index contributed by atoms with van der Waals surface area (Å²) in [7, 11) is 0. The van der Waals surface area contributed by atoms with Crippen LogP contribution in [-0.4, -0.2) is 20.9 Å². The summed E-state index contributed by atoms with van der Waals surface area (Å²) in [6.45, 7) is 4.91. The fourth-order valence-electron chi connectivity index (χ4n) is 1.94. The van der Waals surface area contributed by atoms with E-state index in [1.54, 1.807) is 29.1 Å². The van der Waals surface area contributed by atoms with E-state index in [-0.39, 0.29) is 5.56 Å². The van der Waals surface area contributed by atoms with Crippen LogP contribution in [0.2, 0.25) is 10.0 Å². The van der Waals surface area contributed by atoms with Crippen molar-refractivity contribution < 1.29 is 9.90 Å². The van der Waals surface area contributed by atoms with E-state index in [1.165, 1.54) is 0 Å². The zero-order chi connectivity index (χ0) is 15.6. The van der Waals surface area contributed by atoms with Gasteiger partial charge in [-0.25, -0.2) is 4.79 Å². The van der Waals surface area contributed by atoms with E-state index in [0.29, 0.717) is 33.8 Å². The van der Waals surface area contributed by atoms with Gasteiger partial charge >= 0.3 is 5.97 Å². The number of aromatic carboxylic acids is 1. The maximum Gasteiger partial charge on any atom is 0.339 e. The van der Waals surface area contributed by atoms with Gasteiger partial charge in [0.25, 0.3) is 0 Å². The molecule has 0 bridgehead atoms. The Hall–Kier alpha value is -1.52. The van der Waals surface area contributed by atoms with Gasteiger partial charge in [-0.1, -0.05) is 43.1 Å². The van der Waals surface area contributed by atoms with E-state index in [4.69, 9.17) is 23.2 Å². The fourth-order valence-corrected chi connectivity index (χ4v) is 2.24. The van der Waals surface area contributed by atoms with Gasteiger partial charge in [0, 0.05) is 18.3 Å². The Labute approximate surface area is 133 Å². The highest BCUT2D eigenvalue weighted by molar-refractivity contribution is 6.42. The summed E-state index contributed by atoms with van der Waals surface area (Å²) >= 11 is 11.9. The molecule has 0 aliphatic heterocycles. The van der Waals surface area contributed by atoms with Gasteiger partial charge in [-0.3, -0.25) is 4.68 Å². The van der Waals surface area contributed by atoms with Crippen molar-refractivity contribution in [2.24, 2.45) is 5.92 Å². The highest BCUT2D eigenvalue weighted by Gasteiger charge is 2.18. The van der Waals surface area contributed by atoms with Crippen molar-refractivity contribution in [2.75, 3.05) is 0 Å². The molecule has 0 aliphatic carbocycles. The SMILES string of the molecule is CC(C)CCn1cc(C(=O)O)c(-c2ccc(Cl)c(Cl)c2)n1. The number of rotatable bonds is 5. The molecule has 112 valence electrons. The summed E-state index contributed by atoms with van der Waals surface area (Å²) in [4.78, 5) is 11.4. The van der Waals surface area contributed by atoms with Crippen LogP contribution in [0.25, 0.3) is 11.3 Å². The molecule has 1 aromatic carbocycles. The molecular formula is C15H16Cl2N2O2. The largest absolute Gasteiger partial charge is 0.478 e. The minimum Gasteiger partial charge on any atom is -0.478 e. The van der Waals surface area contributed by atoms with Crippen LogP contribution in [0.15, 0.2) is 24.4 Å². The van der Waals surface area contributed by atoms with Crippen molar-refractivity contribution in [3.05, 3.63) is 40.0 Å². The molecule has 0 atom stereocenters. The number of halogens is 2. The average molecular weight is 327 g/mol. The van der Waals surface area contributed by atoms with Crippen LogP contribution >= 0.6 is 23.2 Å². The van der Waals surface area contributed by atoms with Crippen molar-refractivity contribution >= 4 is 29.2 Å². The predicted molar refractivity (Wildman–Crippen MR) is 84.1 cm³/mol. The Balaban J connectivity index is 2.41. The molecule has 1 aromatic heterocycles. The van der Waals surface area contributed by atoms with Crippen molar-refractivity contribution in [3.63, 3.8) is 0 Å². The number of carboxylic acids is 1. The van der Waals surface area contributed by atoms with Crippen molar-refractivity contribution in [3.8, 4) is 11.3 Å². The molecule has 2 rings (SSSR count). The van der Waals surface area contributed by atoms with Crippen LogP contribution in [0.5, 0.6) is 0 Å². The van der Waals surface area contributed by atoms with Crippen LogP contribution in [0, 0.1) is 5.92 Å². The summed E-state index contributed by atoms with van der Waals surface area (Å²) in [6, 6.07) is 4.99. The van der Waals surface area contributed by atoms with Gasteiger partial charge in [0.1, 0.15) is 11.3 Å². The van der Waals surface area contributed by atoms with E-state index >= 15 is 0 Å². The quantitative estimate of drug-likeness (QED) is 0.873. The maximum absolute atomic E-state index is 11.4. The van der Waals surface area contributed by atoms with Crippen LogP contribution < -0.4 is 0 Å². The number of benzene rings is 1. The first-order chi connectivity index (χ1) is 9.88.